The third-order valence-corrected chi connectivity index (χ3v) is 4.80. The van der Waals surface area contributed by atoms with E-state index in [1.807, 2.05) is 14.0 Å². The van der Waals surface area contributed by atoms with E-state index >= 15 is 0 Å². The summed E-state index contributed by atoms with van der Waals surface area (Å²) in [6, 6.07) is 0. The Kier molecular flexibility index (Phi) is 5.63. The molecule has 0 amide bonds. The molecular formula is C14H25N5S. The molecular weight excluding hydrogens is 270 g/mol. The molecule has 2 N–H and O–H groups in total. The van der Waals surface area contributed by atoms with E-state index in [0.717, 1.165) is 37.1 Å². The van der Waals surface area contributed by atoms with Crippen LogP contribution in [0.2, 0.25) is 0 Å². The van der Waals surface area contributed by atoms with Crippen LogP contribution in [0, 0.1) is 19.8 Å². The Morgan fingerprint density at radius 3 is 2.70 bits per heavy atom. The van der Waals surface area contributed by atoms with Crippen molar-refractivity contribution in [2.45, 2.75) is 33.1 Å². The summed E-state index contributed by atoms with van der Waals surface area (Å²) in [5.74, 6) is 1.93. The van der Waals surface area contributed by atoms with Crippen molar-refractivity contribution in [3.63, 3.8) is 0 Å². The fourth-order valence-electron chi connectivity index (χ4n) is 2.69. The van der Waals surface area contributed by atoms with E-state index in [0.29, 0.717) is 0 Å². The molecule has 1 fully saturated rings. The van der Waals surface area contributed by atoms with E-state index in [9.17, 15) is 0 Å². The number of piperidine rings is 1. The maximum atomic E-state index is 5.54. The van der Waals surface area contributed by atoms with Crippen molar-refractivity contribution in [3.05, 3.63) is 17.6 Å². The minimum Gasteiger partial charge on any atom is -0.356 e. The molecule has 0 spiro atoms. The molecule has 0 aliphatic carbocycles. The van der Waals surface area contributed by atoms with Crippen LogP contribution in [-0.4, -0.2) is 41.0 Å². The Balaban J connectivity index is 1.86. The molecule has 112 valence electrons. The van der Waals surface area contributed by atoms with Crippen LogP contribution in [0.25, 0.3) is 0 Å². The van der Waals surface area contributed by atoms with Crippen LogP contribution in [0.3, 0.4) is 0 Å². The Bertz CT molecular complexity index is 432. The maximum Gasteiger partial charge on any atom is 0.135 e. The monoisotopic (exact) mass is 295 g/mol. The van der Waals surface area contributed by atoms with Gasteiger partial charge in [0.2, 0.25) is 0 Å². The minimum absolute atomic E-state index is 0.809. The molecule has 0 saturated carbocycles. The highest BCUT2D eigenvalue weighted by atomic mass is 32.2. The van der Waals surface area contributed by atoms with Gasteiger partial charge < -0.3 is 4.90 Å². The van der Waals surface area contributed by atoms with Crippen molar-refractivity contribution in [1.82, 2.24) is 14.3 Å². The van der Waals surface area contributed by atoms with Gasteiger partial charge >= 0.3 is 0 Å². The highest BCUT2D eigenvalue weighted by Crippen LogP contribution is 2.26. The summed E-state index contributed by atoms with van der Waals surface area (Å²) in [6.07, 6.45) is 5.39. The molecule has 1 aliphatic rings. The molecule has 2 heterocycles. The number of hydrogen-bond donors (Lipinski definition) is 1. The maximum absolute atomic E-state index is 5.54. The molecule has 0 aromatic carbocycles. The SMILES string of the molecule is Cc1ncnc(N2CCC(CCN(C)SN)CC2)c1C. The lowest BCUT2D eigenvalue weighted by Crippen LogP contribution is -2.35. The van der Waals surface area contributed by atoms with Crippen LogP contribution in [0.4, 0.5) is 5.82 Å². The molecule has 0 atom stereocenters. The molecule has 6 heteroatoms. The Hall–Kier alpha value is -0.850. The topological polar surface area (TPSA) is 58.3 Å². The van der Waals surface area contributed by atoms with Crippen LogP contribution >= 0.6 is 12.1 Å². The average molecular weight is 295 g/mol. The standard InChI is InChI=1S/C14H25N5S/c1-11-12(2)16-10-17-14(11)19-8-5-13(6-9-19)4-7-18(3)20-15/h10,13H,4-9,15H2,1-3H3. The first-order valence-corrected chi connectivity index (χ1v) is 8.06. The van der Waals surface area contributed by atoms with E-state index in [2.05, 4.69) is 26.1 Å². The Morgan fingerprint density at radius 1 is 1.35 bits per heavy atom. The molecule has 20 heavy (non-hydrogen) atoms. The zero-order valence-corrected chi connectivity index (χ0v) is 13.5. The van der Waals surface area contributed by atoms with E-state index < -0.39 is 0 Å². The molecule has 0 radical (unpaired) electrons. The minimum atomic E-state index is 0.809. The molecule has 0 unspecified atom stereocenters. The summed E-state index contributed by atoms with van der Waals surface area (Å²) in [6.45, 7) is 7.43. The zero-order chi connectivity index (χ0) is 14.5. The second kappa shape index (κ2) is 7.24. The molecule has 2 rings (SSSR count). The number of nitrogens with two attached hydrogens (primary N) is 1. The summed E-state index contributed by atoms with van der Waals surface area (Å²) in [5, 5.41) is 5.54. The van der Waals surface area contributed by atoms with Crippen LogP contribution in [-0.2, 0) is 0 Å². The van der Waals surface area contributed by atoms with Crippen LogP contribution < -0.4 is 10.0 Å². The molecule has 5 nitrogen and oxygen atoms in total. The van der Waals surface area contributed by atoms with Gasteiger partial charge in [-0.05, 0) is 46.1 Å². The van der Waals surface area contributed by atoms with E-state index in [-0.39, 0.29) is 0 Å². The molecule has 1 aliphatic heterocycles. The van der Waals surface area contributed by atoms with Crippen LogP contribution in [0.1, 0.15) is 30.5 Å². The normalized spacial score (nSPS) is 16.9. The number of aromatic nitrogens is 2. The highest BCUT2D eigenvalue weighted by molar-refractivity contribution is 7.94. The van der Waals surface area contributed by atoms with Crippen molar-refractivity contribution in [2.75, 3.05) is 31.6 Å². The van der Waals surface area contributed by atoms with Gasteiger partial charge in [-0.3, -0.25) is 5.14 Å². The molecule has 1 aromatic rings. The molecule has 0 bridgehead atoms. The quantitative estimate of drug-likeness (QED) is 0.840. The van der Waals surface area contributed by atoms with Gasteiger partial charge in [0.25, 0.3) is 0 Å². The summed E-state index contributed by atoms with van der Waals surface area (Å²) < 4.78 is 2.10. The van der Waals surface area contributed by atoms with Crippen LogP contribution in [0.15, 0.2) is 6.33 Å². The number of rotatable bonds is 5. The Morgan fingerprint density at radius 2 is 2.05 bits per heavy atom. The summed E-state index contributed by atoms with van der Waals surface area (Å²) in [4.78, 5) is 11.1. The number of nitrogens with zero attached hydrogens (tertiary/aromatic N) is 4. The zero-order valence-electron chi connectivity index (χ0n) is 12.7. The van der Waals surface area contributed by atoms with Gasteiger partial charge in [0, 0.05) is 43.0 Å². The third kappa shape index (κ3) is 3.84. The number of anilines is 1. The van der Waals surface area contributed by atoms with Crippen LogP contribution in [0.5, 0.6) is 0 Å². The lowest BCUT2D eigenvalue weighted by atomic mass is 9.93. The first-order chi connectivity index (χ1) is 9.61. The fourth-order valence-corrected chi connectivity index (χ4v) is 2.91. The predicted octanol–water partition coefficient (Wildman–Crippen LogP) is 2.15. The van der Waals surface area contributed by atoms with Gasteiger partial charge in [-0.25, -0.2) is 14.3 Å². The van der Waals surface area contributed by atoms with Crippen molar-refractivity contribution in [2.24, 2.45) is 11.1 Å². The van der Waals surface area contributed by atoms with E-state index in [4.69, 9.17) is 5.14 Å². The van der Waals surface area contributed by atoms with Crippen molar-refractivity contribution in [3.8, 4) is 0 Å². The second-order valence-electron chi connectivity index (χ2n) is 5.58. The molecule has 1 aromatic heterocycles. The van der Waals surface area contributed by atoms with Gasteiger partial charge in [0.1, 0.15) is 12.1 Å². The lowest BCUT2D eigenvalue weighted by Gasteiger charge is -2.34. The highest BCUT2D eigenvalue weighted by Gasteiger charge is 2.21. The van der Waals surface area contributed by atoms with Crippen molar-refractivity contribution < 1.29 is 0 Å². The average Bonchev–Trinajstić information content (AvgIpc) is 2.48. The lowest BCUT2D eigenvalue weighted by molar-refractivity contribution is 0.353. The van der Waals surface area contributed by atoms with E-state index in [1.165, 1.54) is 37.0 Å². The summed E-state index contributed by atoms with van der Waals surface area (Å²) in [7, 11) is 2.05. The van der Waals surface area contributed by atoms with Gasteiger partial charge in [-0.15, -0.1) is 0 Å². The fraction of sp³-hybridized carbons (Fsp3) is 0.714. The summed E-state index contributed by atoms with van der Waals surface area (Å²) >= 11 is 1.32. The largest absolute Gasteiger partial charge is 0.356 e. The second-order valence-corrected chi connectivity index (χ2v) is 6.42. The smallest absolute Gasteiger partial charge is 0.135 e. The van der Waals surface area contributed by atoms with Crippen molar-refractivity contribution in [1.29, 1.82) is 0 Å². The van der Waals surface area contributed by atoms with Crippen molar-refractivity contribution >= 4 is 18.0 Å². The van der Waals surface area contributed by atoms with Gasteiger partial charge in [-0.1, -0.05) is 0 Å². The number of aryl methyl sites for hydroxylation is 1. The molecule has 1 saturated heterocycles. The predicted molar refractivity (Wildman–Crippen MR) is 85.5 cm³/mol. The number of hydrogen-bond acceptors (Lipinski definition) is 6. The summed E-state index contributed by atoms with van der Waals surface area (Å²) in [5.41, 5.74) is 2.30. The first-order valence-electron chi connectivity index (χ1n) is 7.23. The van der Waals surface area contributed by atoms with Gasteiger partial charge in [0.15, 0.2) is 0 Å². The Labute approximate surface area is 126 Å². The van der Waals surface area contributed by atoms with Gasteiger partial charge in [0.05, 0.1) is 0 Å². The first kappa shape index (κ1) is 15.5. The van der Waals surface area contributed by atoms with E-state index in [1.54, 1.807) is 6.33 Å². The van der Waals surface area contributed by atoms with Gasteiger partial charge in [-0.2, -0.15) is 0 Å². The third-order valence-electron chi connectivity index (χ3n) is 4.26.